The Kier molecular flexibility index (Phi) is 5.83. The fourth-order valence-corrected chi connectivity index (χ4v) is 2.08. The molecule has 0 saturated heterocycles. The minimum atomic E-state index is -0.623. The van der Waals surface area contributed by atoms with Crippen LogP contribution in [0.1, 0.15) is 51.2 Å². The monoisotopic (exact) mass is 249 g/mol. The van der Waals surface area contributed by atoms with Crippen LogP contribution in [0.5, 0.6) is 0 Å². The molecule has 0 heterocycles. The molecule has 2 N–H and O–H groups in total. The molecule has 1 rings (SSSR count). The summed E-state index contributed by atoms with van der Waals surface area (Å²) in [6, 6.07) is 8.61. The van der Waals surface area contributed by atoms with E-state index in [0.29, 0.717) is 5.92 Å². The van der Waals surface area contributed by atoms with Gasteiger partial charge in [0.1, 0.15) is 0 Å². The van der Waals surface area contributed by atoms with Gasteiger partial charge >= 0.3 is 0 Å². The average molecular weight is 249 g/mol. The van der Waals surface area contributed by atoms with E-state index in [1.54, 1.807) is 0 Å². The summed E-state index contributed by atoms with van der Waals surface area (Å²) < 4.78 is 0. The van der Waals surface area contributed by atoms with E-state index in [2.05, 4.69) is 50.4 Å². The van der Waals surface area contributed by atoms with Crippen LogP contribution in [0.4, 0.5) is 0 Å². The number of benzene rings is 1. The Morgan fingerprint density at radius 2 is 1.83 bits per heavy atom. The highest BCUT2D eigenvalue weighted by Gasteiger charge is 2.20. The third-order valence-corrected chi connectivity index (χ3v) is 3.32. The molecule has 1 unspecified atom stereocenters. The van der Waals surface area contributed by atoms with Crippen molar-refractivity contribution in [1.29, 1.82) is 0 Å². The summed E-state index contributed by atoms with van der Waals surface area (Å²) in [6.45, 7) is 10.2. The van der Waals surface area contributed by atoms with Gasteiger partial charge < -0.3 is 10.4 Å². The quantitative estimate of drug-likeness (QED) is 0.728. The molecule has 0 aliphatic carbocycles. The first kappa shape index (κ1) is 15.2. The summed E-state index contributed by atoms with van der Waals surface area (Å²) >= 11 is 0. The maximum Gasteiger partial charge on any atom is 0.0672 e. The molecular weight excluding hydrogens is 222 g/mol. The number of hydrogen-bond donors (Lipinski definition) is 2. The predicted molar refractivity (Wildman–Crippen MR) is 78.0 cm³/mol. The molecule has 1 atom stereocenters. The third-order valence-electron chi connectivity index (χ3n) is 3.32. The largest absolute Gasteiger partial charge is 0.390 e. The van der Waals surface area contributed by atoms with Crippen molar-refractivity contribution < 1.29 is 5.11 Å². The first-order valence-corrected chi connectivity index (χ1v) is 6.96. The van der Waals surface area contributed by atoms with Crippen LogP contribution in [0.2, 0.25) is 0 Å². The highest BCUT2D eigenvalue weighted by Crippen LogP contribution is 2.19. The third kappa shape index (κ3) is 5.19. The molecule has 2 nitrogen and oxygen atoms in total. The Bertz CT molecular complexity index is 341. The Labute approximate surface area is 111 Å². The molecule has 1 aromatic carbocycles. The maximum absolute atomic E-state index is 10.3. The zero-order chi connectivity index (χ0) is 13.6. The van der Waals surface area contributed by atoms with Crippen LogP contribution >= 0.6 is 0 Å². The minimum Gasteiger partial charge on any atom is -0.390 e. The summed E-state index contributed by atoms with van der Waals surface area (Å²) in [4.78, 5) is 0. The van der Waals surface area contributed by atoms with Crippen molar-refractivity contribution in [1.82, 2.24) is 5.32 Å². The second kappa shape index (κ2) is 6.91. The van der Waals surface area contributed by atoms with Gasteiger partial charge in [-0.25, -0.2) is 0 Å². The average Bonchev–Trinajstić information content (AvgIpc) is 2.29. The first-order valence-electron chi connectivity index (χ1n) is 6.96. The van der Waals surface area contributed by atoms with Gasteiger partial charge in [-0.1, -0.05) is 45.0 Å². The van der Waals surface area contributed by atoms with E-state index in [0.717, 1.165) is 25.9 Å². The molecular formula is C16H27NO. The van der Waals surface area contributed by atoms with Gasteiger partial charge in [0, 0.05) is 6.42 Å². The predicted octanol–water partition coefficient (Wildman–Crippen LogP) is 3.10. The SMILES string of the molecule is CCNCCC(C)(O)Cc1ccc(C(C)C)cc1. The van der Waals surface area contributed by atoms with Crippen molar-refractivity contribution in [2.45, 2.75) is 52.1 Å². The molecule has 0 fully saturated rings. The van der Waals surface area contributed by atoms with Crippen LogP contribution in [0.25, 0.3) is 0 Å². The minimum absolute atomic E-state index is 0.563. The Morgan fingerprint density at radius 1 is 1.22 bits per heavy atom. The molecule has 0 amide bonds. The molecule has 102 valence electrons. The van der Waals surface area contributed by atoms with Gasteiger partial charge in [0.05, 0.1) is 5.60 Å². The van der Waals surface area contributed by atoms with Crippen LogP contribution < -0.4 is 5.32 Å². The van der Waals surface area contributed by atoms with Crippen LogP contribution in [0.3, 0.4) is 0 Å². The molecule has 18 heavy (non-hydrogen) atoms. The van der Waals surface area contributed by atoms with E-state index in [9.17, 15) is 5.11 Å². The summed E-state index contributed by atoms with van der Waals surface area (Å²) in [5.74, 6) is 0.563. The second-order valence-corrected chi connectivity index (χ2v) is 5.67. The number of hydrogen-bond acceptors (Lipinski definition) is 2. The molecule has 0 saturated carbocycles. The highest BCUT2D eigenvalue weighted by molar-refractivity contribution is 5.25. The normalized spacial score (nSPS) is 14.8. The van der Waals surface area contributed by atoms with E-state index in [4.69, 9.17) is 0 Å². The van der Waals surface area contributed by atoms with Gasteiger partial charge in [0.25, 0.3) is 0 Å². The fraction of sp³-hybridized carbons (Fsp3) is 0.625. The van der Waals surface area contributed by atoms with Gasteiger partial charge in [-0.3, -0.25) is 0 Å². The first-order chi connectivity index (χ1) is 8.44. The highest BCUT2D eigenvalue weighted by atomic mass is 16.3. The molecule has 0 spiro atoms. The van der Waals surface area contributed by atoms with Crippen molar-refractivity contribution in [2.24, 2.45) is 0 Å². The van der Waals surface area contributed by atoms with Gasteiger partial charge in [0.2, 0.25) is 0 Å². The zero-order valence-electron chi connectivity index (χ0n) is 12.2. The molecule has 0 radical (unpaired) electrons. The van der Waals surface area contributed by atoms with Gasteiger partial charge in [0.15, 0.2) is 0 Å². The van der Waals surface area contributed by atoms with Crippen LogP contribution in [-0.2, 0) is 6.42 Å². The standard InChI is InChI=1S/C16H27NO/c1-5-17-11-10-16(4,18)12-14-6-8-15(9-7-14)13(2)3/h6-9,13,17-18H,5,10-12H2,1-4H3. The summed E-state index contributed by atoms with van der Waals surface area (Å²) in [7, 11) is 0. The van der Waals surface area contributed by atoms with Crippen molar-refractivity contribution in [3.63, 3.8) is 0 Å². The lowest BCUT2D eigenvalue weighted by molar-refractivity contribution is 0.0517. The van der Waals surface area contributed by atoms with Crippen LogP contribution in [0.15, 0.2) is 24.3 Å². The lowest BCUT2D eigenvalue weighted by atomic mass is 9.92. The Hall–Kier alpha value is -0.860. The maximum atomic E-state index is 10.3. The van der Waals surface area contributed by atoms with Crippen molar-refractivity contribution >= 4 is 0 Å². The van der Waals surface area contributed by atoms with Crippen molar-refractivity contribution in [2.75, 3.05) is 13.1 Å². The summed E-state index contributed by atoms with van der Waals surface area (Å²) in [6.07, 6.45) is 1.50. The molecule has 0 aliphatic heterocycles. The lowest BCUT2D eigenvalue weighted by Crippen LogP contribution is -2.32. The lowest BCUT2D eigenvalue weighted by Gasteiger charge is -2.23. The molecule has 0 aliphatic rings. The Morgan fingerprint density at radius 3 is 2.33 bits per heavy atom. The second-order valence-electron chi connectivity index (χ2n) is 5.67. The molecule has 0 aromatic heterocycles. The molecule has 2 heteroatoms. The van der Waals surface area contributed by atoms with Crippen molar-refractivity contribution in [3.05, 3.63) is 35.4 Å². The van der Waals surface area contributed by atoms with Gasteiger partial charge in [-0.15, -0.1) is 0 Å². The summed E-state index contributed by atoms with van der Waals surface area (Å²) in [5.41, 5.74) is 1.94. The summed E-state index contributed by atoms with van der Waals surface area (Å²) in [5, 5.41) is 13.6. The van der Waals surface area contributed by atoms with Crippen molar-refractivity contribution in [3.8, 4) is 0 Å². The smallest absolute Gasteiger partial charge is 0.0672 e. The van der Waals surface area contributed by atoms with E-state index in [1.165, 1.54) is 11.1 Å². The number of rotatable bonds is 7. The molecule has 0 bridgehead atoms. The Balaban J connectivity index is 2.55. The van der Waals surface area contributed by atoms with E-state index < -0.39 is 5.60 Å². The topological polar surface area (TPSA) is 32.3 Å². The number of aliphatic hydroxyl groups is 1. The van der Waals surface area contributed by atoms with E-state index in [1.807, 2.05) is 6.92 Å². The number of nitrogens with one attached hydrogen (secondary N) is 1. The molecule has 1 aromatic rings. The van der Waals surface area contributed by atoms with E-state index in [-0.39, 0.29) is 0 Å². The van der Waals surface area contributed by atoms with Crippen LogP contribution in [-0.4, -0.2) is 23.8 Å². The fourth-order valence-electron chi connectivity index (χ4n) is 2.08. The zero-order valence-corrected chi connectivity index (χ0v) is 12.2. The van der Waals surface area contributed by atoms with E-state index >= 15 is 0 Å². The van der Waals surface area contributed by atoms with Gasteiger partial charge in [-0.2, -0.15) is 0 Å². The van der Waals surface area contributed by atoms with Gasteiger partial charge in [-0.05, 0) is 43.5 Å². The van der Waals surface area contributed by atoms with Crippen LogP contribution in [0, 0.1) is 0 Å².